The number of alkyl halides is 1. The van der Waals surface area contributed by atoms with E-state index < -0.39 is 0 Å². The molecule has 0 N–H and O–H groups in total. The lowest BCUT2D eigenvalue weighted by atomic mass is 10.2. The van der Waals surface area contributed by atoms with Crippen molar-refractivity contribution in [2.24, 2.45) is 0 Å². The third kappa shape index (κ3) is 2.01. The minimum atomic E-state index is -0.278. The molecule has 1 aromatic heterocycles. The second-order valence-corrected chi connectivity index (χ2v) is 5.69. The van der Waals surface area contributed by atoms with Gasteiger partial charge in [0.2, 0.25) is 0 Å². The van der Waals surface area contributed by atoms with Crippen LogP contribution in [0.5, 0.6) is 0 Å². The Morgan fingerprint density at radius 2 is 2.11 bits per heavy atom. The second-order valence-electron chi connectivity index (χ2n) is 4.27. The first-order valence-electron chi connectivity index (χ1n) is 5.66. The third-order valence-electron chi connectivity index (χ3n) is 2.98. The first-order chi connectivity index (χ1) is 8.72. The largest absolute Gasteiger partial charge is 0.307 e. The van der Waals surface area contributed by atoms with E-state index in [0.29, 0.717) is 27.2 Å². The van der Waals surface area contributed by atoms with Crippen LogP contribution in [0.2, 0.25) is 0 Å². The molecule has 1 aromatic carbocycles. The molecule has 3 rings (SSSR count). The molecular weight excluding hydrogens is 365 g/mol. The Labute approximate surface area is 121 Å². The van der Waals surface area contributed by atoms with Gasteiger partial charge in [-0.25, -0.2) is 4.39 Å². The summed E-state index contributed by atoms with van der Waals surface area (Å²) in [5.41, 5.74) is 0.490. The van der Waals surface area contributed by atoms with E-state index in [9.17, 15) is 4.39 Å². The fraction of sp³-hybridized carbons (Fsp3) is 0.333. The van der Waals surface area contributed by atoms with Crippen LogP contribution in [0.25, 0.3) is 11.4 Å². The summed E-state index contributed by atoms with van der Waals surface area (Å²) in [7, 11) is 0. The highest BCUT2D eigenvalue weighted by Crippen LogP contribution is 2.41. The van der Waals surface area contributed by atoms with Crippen LogP contribution in [0, 0.1) is 5.82 Å². The van der Waals surface area contributed by atoms with Crippen LogP contribution >= 0.6 is 31.9 Å². The molecule has 1 aliphatic carbocycles. The van der Waals surface area contributed by atoms with Crippen LogP contribution in [0.1, 0.15) is 24.7 Å². The van der Waals surface area contributed by atoms with Crippen molar-refractivity contribution in [3.05, 3.63) is 34.3 Å². The molecule has 2 aromatic rings. The predicted molar refractivity (Wildman–Crippen MR) is 74.0 cm³/mol. The molecule has 0 saturated heterocycles. The summed E-state index contributed by atoms with van der Waals surface area (Å²) in [4.78, 5) is 0. The number of hydrogen-bond donors (Lipinski definition) is 0. The lowest BCUT2D eigenvalue weighted by Gasteiger charge is -2.09. The van der Waals surface area contributed by atoms with E-state index >= 15 is 0 Å². The molecule has 0 radical (unpaired) electrons. The Bertz CT molecular complexity index is 573. The van der Waals surface area contributed by atoms with Crippen molar-refractivity contribution in [2.75, 3.05) is 0 Å². The van der Waals surface area contributed by atoms with Gasteiger partial charge in [0.15, 0.2) is 5.82 Å². The van der Waals surface area contributed by atoms with Gasteiger partial charge < -0.3 is 4.57 Å². The van der Waals surface area contributed by atoms with Gasteiger partial charge in [-0.3, -0.25) is 0 Å². The molecule has 18 heavy (non-hydrogen) atoms. The quantitative estimate of drug-likeness (QED) is 0.758. The van der Waals surface area contributed by atoms with Crippen LogP contribution in [0.15, 0.2) is 22.7 Å². The number of benzene rings is 1. The van der Waals surface area contributed by atoms with Gasteiger partial charge in [0.05, 0.1) is 10.9 Å². The van der Waals surface area contributed by atoms with Crippen LogP contribution in [-0.4, -0.2) is 14.8 Å². The van der Waals surface area contributed by atoms with Crippen LogP contribution < -0.4 is 0 Å². The topological polar surface area (TPSA) is 30.7 Å². The summed E-state index contributed by atoms with van der Waals surface area (Å²) in [6.07, 6.45) is 2.22. The molecule has 0 spiro atoms. The van der Waals surface area contributed by atoms with Crippen molar-refractivity contribution in [1.82, 2.24) is 14.8 Å². The minimum Gasteiger partial charge on any atom is -0.307 e. The molecule has 1 fully saturated rings. The summed E-state index contributed by atoms with van der Waals surface area (Å²) in [5, 5.41) is 8.91. The highest BCUT2D eigenvalue weighted by Gasteiger charge is 2.30. The van der Waals surface area contributed by atoms with Crippen molar-refractivity contribution in [3.63, 3.8) is 0 Å². The normalized spacial score (nSPS) is 15.1. The van der Waals surface area contributed by atoms with Gasteiger partial charge in [0, 0.05) is 10.5 Å². The van der Waals surface area contributed by atoms with E-state index in [2.05, 4.69) is 42.1 Å². The van der Waals surface area contributed by atoms with Gasteiger partial charge >= 0.3 is 0 Å². The zero-order chi connectivity index (χ0) is 12.7. The molecule has 94 valence electrons. The van der Waals surface area contributed by atoms with Crippen LogP contribution in [0.4, 0.5) is 4.39 Å². The Morgan fingerprint density at radius 3 is 2.72 bits per heavy atom. The molecular formula is C12H10Br2FN3. The highest BCUT2D eigenvalue weighted by atomic mass is 79.9. The average molecular weight is 375 g/mol. The first-order valence-corrected chi connectivity index (χ1v) is 7.58. The van der Waals surface area contributed by atoms with Crippen LogP contribution in [0.3, 0.4) is 0 Å². The molecule has 0 bridgehead atoms. The van der Waals surface area contributed by atoms with Gasteiger partial charge in [0.25, 0.3) is 0 Å². The molecule has 0 unspecified atom stereocenters. The number of rotatable bonds is 3. The second kappa shape index (κ2) is 4.74. The standard InChI is InChI=1S/C12H10Br2FN3/c13-6-10-16-17-12(18(10)7-4-5-7)11-8(14)2-1-3-9(11)15/h1-3,7H,4-6H2. The van der Waals surface area contributed by atoms with Gasteiger partial charge in [-0.15, -0.1) is 10.2 Å². The van der Waals surface area contributed by atoms with E-state index in [1.54, 1.807) is 6.07 Å². The maximum Gasteiger partial charge on any atom is 0.168 e. The maximum absolute atomic E-state index is 14.0. The molecule has 1 aliphatic rings. The van der Waals surface area contributed by atoms with E-state index in [1.807, 2.05) is 10.6 Å². The fourth-order valence-corrected chi connectivity index (χ4v) is 2.91. The molecule has 0 aliphatic heterocycles. The summed E-state index contributed by atoms with van der Waals surface area (Å²) >= 11 is 6.78. The summed E-state index contributed by atoms with van der Waals surface area (Å²) in [5.74, 6) is 1.18. The summed E-state index contributed by atoms with van der Waals surface area (Å²) < 4.78 is 16.7. The lowest BCUT2D eigenvalue weighted by Crippen LogP contribution is -2.03. The van der Waals surface area contributed by atoms with Gasteiger partial charge in [-0.2, -0.15) is 0 Å². The zero-order valence-corrected chi connectivity index (χ0v) is 12.6. The third-order valence-corrected chi connectivity index (χ3v) is 4.15. The Morgan fingerprint density at radius 1 is 1.33 bits per heavy atom. The van der Waals surface area contributed by atoms with Gasteiger partial charge in [-0.1, -0.05) is 22.0 Å². The minimum absolute atomic E-state index is 0.278. The maximum atomic E-state index is 14.0. The average Bonchev–Trinajstić information content (AvgIpc) is 3.10. The van der Waals surface area contributed by atoms with E-state index in [0.717, 1.165) is 18.7 Å². The van der Waals surface area contributed by atoms with Crippen molar-refractivity contribution in [1.29, 1.82) is 0 Å². The monoisotopic (exact) mass is 373 g/mol. The fourth-order valence-electron chi connectivity index (χ4n) is 2.01. The Balaban J connectivity index is 2.20. The molecule has 1 saturated carbocycles. The molecule has 1 heterocycles. The smallest absolute Gasteiger partial charge is 0.168 e. The molecule has 0 amide bonds. The van der Waals surface area contributed by atoms with Gasteiger partial charge in [-0.05, 0) is 40.9 Å². The zero-order valence-electron chi connectivity index (χ0n) is 9.41. The highest BCUT2D eigenvalue weighted by molar-refractivity contribution is 9.10. The SMILES string of the molecule is Fc1cccc(Br)c1-c1nnc(CBr)n1C1CC1. The number of hydrogen-bond acceptors (Lipinski definition) is 2. The first kappa shape index (κ1) is 12.3. The van der Waals surface area contributed by atoms with E-state index in [4.69, 9.17) is 0 Å². The number of aromatic nitrogens is 3. The van der Waals surface area contributed by atoms with Gasteiger partial charge in [0.1, 0.15) is 11.6 Å². The molecule has 3 nitrogen and oxygen atoms in total. The Kier molecular flexibility index (Phi) is 3.23. The molecule has 6 heteroatoms. The van der Waals surface area contributed by atoms with Crippen molar-refractivity contribution < 1.29 is 4.39 Å². The number of nitrogens with zero attached hydrogens (tertiary/aromatic N) is 3. The molecule has 0 atom stereocenters. The van der Waals surface area contributed by atoms with E-state index in [1.165, 1.54) is 6.07 Å². The number of halogens is 3. The van der Waals surface area contributed by atoms with Crippen molar-refractivity contribution in [3.8, 4) is 11.4 Å². The summed E-state index contributed by atoms with van der Waals surface area (Å²) in [6.45, 7) is 0. The van der Waals surface area contributed by atoms with E-state index in [-0.39, 0.29) is 5.82 Å². The predicted octanol–water partition coefficient (Wildman–Crippen LogP) is 4.08. The van der Waals surface area contributed by atoms with Crippen molar-refractivity contribution in [2.45, 2.75) is 24.2 Å². The summed E-state index contributed by atoms with van der Waals surface area (Å²) in [6, 6.07) is 5.35. The Hall–Kier alpha value is -0.750. The van der Waals surface area contributed by atoms with Crippen LogP contribution in [-0.2, 0) is 5.33 Å². The van der Waals surface area contributed by atoms with Crippen molar-refractivity contribution >= 4 is 31.9 Å². The lowest BCUT2D eigenvalue weighted by molar-refractivity contribution is 0.625.